The van der Waals surface area contributed by atoms with Gasteiger partial charge in [0.2, 0.25) is 5.82 Å². The third kappa shape index (κ3) is 5.17. The van der Waals surface area contributed by atoms with Crippen LogP contribution in [0.25, 0.3) is 5.65 Å². The molecule has 10 nitrogen and oxygen atoms in total. The SMILES string of the molecule is CCOC(=O)c1cn(C)c(C(Nc2cc(C)c3nnc(C(F)F)n3n2)c2ccc(Cl)cc2)c1C(=O)OCC. The van der Waals surface area contributed by atoms with Gasteiger partial charge in [0, 0.05) is 18.3 Å². The molecule has 0 bridgehead atoms. The van der Waals surface area contributed by atoms with E-state index in [0.29, 0.717) is 21.8 Å². The van der Waals surface area contributed by atoms with Crippen molar-refractivity contribution in [3.63, 3.8) is 0 Å². The first-order valence-electron chi connectivity index (χ1n) is 11.7. The summed E-state index contributed by atoms with van der Waals surface area (Å²) in [6, 6.07) is 7.64. The highest BCUT2D eigenvalue weighted by atomic mass is 35.5. The van der Waals surface area contributed by atoms with Gasteiger partial charge >= 0.3 is 11.9 Å². The van der Waals surface area contributed by atoms with E-state index >= 15 is 0 Å². The maximum atomic E-state index is 13.5. The fraction of sp³-hybridized carbons (Fsp3) is 0.320. The molecule has 0 spiro atoms. The van der Waals surface area contributed by atoms with Gasteiger partial charge in [0.1, 0.15) is 5.82 Å². The molecule has 200 valence electrons. The zero-order valence-corrected chi connectivity index (χ0v) is 21.8. The molecule has 1 atom stereocenters. The number of ether oxygens (including phenoxy) is 2. The number of benzene rings is 1. The molecule has 0 aliphatic carbocycles. The third-order valence-electron chi connectivity index (χ3n) is 5.75. The van der Waals surface area contributed by atoms with E-state index in [9.17, 15) is 18.4 Å². The summed E-state index contributed by atoms with van der Waals surface area (Å²) in [5.74, 6) is -1.81. The van der Waals surface area contributed by atoms with Crippen LogP contribution in [0.15, 0.2) is 36.5 Å². The van der Waals surface area contributed by atoms with E-state index < -0.39 is 30.2 Å². The maximum Gasteiger partial charge on any atom is 0.340 e. The van der Waals surface area contributed by atoms with Crippen molar-refractivity contribution in [1.82, 2.24) is 24.4 Å². The van der Waals surface area contributed by atoms with Crippen LogP contribution in [0.4, 0.5) is 14.6 Å². The fourth-order valence-electron chi connectivity index (χ4n) is 4.13. The Morgan fingerprint density at radius 2 is 1.74 bits per heavy atom. The normalized spacial score (nSPS) is 12.1. The summed E-state index contributed by atoms with van der Waals surface area (Å²) >= 11 is 6.12. The van der Waals surface area contributed by atoms with Crippen LogP contribution in [0.2, 0.25) is 5.02 Å². The number of esters is 2. The lowest BCUT2D eigenvalue weighted by molar-refractivity contribution is 0.0479. The Bertz CT molecular complexity index is 1490. The van der Waals surface area contributed by atoms with Crippen molar-refractivity contribution in [1.29, 1.82) is 0 Å². The number of nitrogens with zero attached hydrogens (tertiary/aromatic N) is 5. The lowest BCUT2D eigenvalue weighted by Gasteiger charge is -2.23. The lowest BCUT2D eigenvalue weighted by Crippen LogP contribution is -2.22. The highest BCUT2D eigenvalue weighted by Crippen LogP contribution is 2.33. The number of aromatic nitrogens is 5. The molecule has 0 aliphatic rings. The van der Waals surface area contributed by atoms with E-state index in [0.717, 1.165) is 4.52 Å². The van der Waals surface area contributed by atoms with Gasteiger partial charge in [0.15, 0.2) is 5.65 Å². The smallest absolute Gasteiger partial charge is 0.340 e. The summed E-state index contributed by atoms with van der Waals surface area (Å²) in [6.45, 7) is 5.19. The summed E-state index contributed by atoms with van der Waals surface area (Å²) in [6.07, 6.45) is -1.41. The molecule has 0 aliphatic heterocycles. The summed E-state index contributed by atoms with van der Waals surface area (Å²) < 4.78 is 40.1. The first-order valence-corrected chi connectivity index (χ1v) is 12.1. The van der Waals surface area contributed by atoms with Crippen molar-refractivity contribution in [3.8, 4) is 0 Å². The molecule has 0 fully saturated rings. The molecule has 4 aromatic rings. The zero-order valence-electron chi connectivity index (χ0n) is 21.0. The predicted molar refractivity (Wildman–Crippen MR) is 135 cm³/mol. The second-order valence-electron chi connectivity index (χ2n) is 8.29. The van der Waals surface area contributed by atoms with E-state index in [1.54, 1.807) is 62.7 Å². The molecule has 4 rings (SSSR count). The Morgan fingerprint density at radius 1 is 1.08 bits per heavy atom. The molecule has 1 unspecified atom stereocenters. The first kappa shape index (κ1) is 27.0. The average molecular weight is 547 g/mol. The second kappa shape index (κ2) is 11.1. The fourth-order valence-corrected chi connectivity index (χ4v) is 4.26. The molecule has 13 heteroatoms. The van der Waals surface area contributed by atoms with Crippen molar-refractivity contribution in [2.24, 2.45) is 7.05 Å². The quantitative estimate of drug-likeness (QED) is 0.294. The molecule has 0 saturated carbocycles. The number of carbonyl (C=O) groups is 2. The van der Waals surface area contributed by atoms with E-state index in [4.69, 9.17) is 21.1 Å². The largest absolute Gasteiger partial charge is 0.462 e. The predicted octanol–water partition coefficient (Wildman–Crippen LogP) is 4.92. The minimum absolute atomic E-state index is 0.00983. The minimum Gasteiger partial charge on any atom is -0.462 e. The summed E-state index contributed by atoms with van der Waals surface area (Å²) in [5.41, 5.74) is 1.78. The van der Waals surface area contributed by atoms with Crippen molar-refractivity contribution in [3.05, 3.63) is 75.3 Å². The van der Waals surface area contributed by atoms with Crippen LogP contribution < -0.4 is 5.32 Å². The van der Waals surface area contributed by atoms with Crippen LogP contribution in [0.3, 0.4) is 0 Å². The van der Waals surface area contributed by atoms with E-state index in [-0.39, 0.29) is 35.8 Å². The number of fused-ring (bicyclic) bond motifs is 1. The van der Waals surface area contributed by atoms with Gasteiger partial charge in [-0.3, -0.25) is 0 Å². The Kier molecular flexibility index (Phi) is 7.91. The zero-order chi connectivity index (χ0) is 27.6. The summed E-state index contributed by atoms with van der Waals surface area (Å²) in [4.78, 5) is 25.9. The van der Waals surface area contributed by atoms with Crippen molar-refractivity contribution < 1.29 is 27.8 Å². The summed E-state index contributed by atoms with van der Waals surface area (Å²) in [5, 5.41) is 15.4. The first-order chi connectivity index (χ1) is 18.2. The third-order valence-corrected chi connectivity index (χ3v) is 6.00. The molecule has 38 heavy (non-hydrogen) atoms. The van der Waals surface area contributed by atoms with E-state index in [1.807, 2.05) is 0 Å². The number of anilines is 1. The minimum atomic E-state index is -2.89. The highest BCUT2D eigenvalue weighted by Gasteiger charge is 2.32. The summed E-state index contributed by atoms with van der Waals surface area (Å²) in [7, 11) is 1.67. The van der Waals surface area contributed by atoms with E-state index in [2.05, 4.69) is 20.6 Å². The molecule has 1 aromatic carbocycles. The van der Waals surface area contributed by atoms with Crippen LogP contribution in [0.5, 0.6) is 0 Å². The van der Waals surface area contributed by atoms with Gasteiger partial charge in [-0.25, -0.2) is 18.4 Å². The molecule has 0 amide bonds. The molecular weight excluding hydrogens is 522 g/mol. The number of alkyl halides is 2. The van der Waals surface area contributed by atoms with Crippen LogP contribution in [0, 0.1) is 6.92 Å². The van der Waals surface area contributed by atoms with Crippen LogP contribution in [-0.4, -0.2) is 49.5 Å². The van der Waals surface area contributed by atoms with E-state index in [1.165, 1.54) is 6.20 Å². The molecule has 0 radical (unpaired) electrons. The van der Waals surface area contributed by atoms with Crippen molar-refractivity contribution >= 4 is 35.0 Å². The average Bonchev–Trinajstić information content (AvgIpc) is 3.45. The maximum absolute atomic E-state index is 13.5. The monoisotopic (exact) mass is 546 g/mol. The molecular formula is C25H25ClF2N6O4. The number of nitrogens with one attached hydrogen (secondary N) is 1. The number of rotatable bonds is 9. The topological polar surface area (TPSA) is 113 Å². The van der Waals surface area contributed by atoms with Gasteiger partial charge in [0.05, 0.1) is 36.1 Å². The van der Waals surface area contributed by atoms with Gasteiger partial charge in [-0.15, -0.1) is 15.3 Å². The highest BCUT2D eigenvalue weighted by molar-refractivity contribution is 6.30. The molecule has 3 aromatic heterocycles. The number of aryl methyl sites for hydroxylation is 2. The Balaban J connectivity index is 1.92. The Morgan fingerprint density at radius 3 is 2.37 bits per heavy atom. The lowest BCUT2D eigenvalue weighted by atomic mass is 9.98. The van der Waals surface area contributed by atoms with Gasteiger partial charge in [-0.2, -0.15) is 4.52 Å². The van der Waals surface area contributed by atoms with Gasteiger partial charge in [-0.05, 0) is 50.1 Å². The van der Waals surface area contributed by atoms with Crippen molar-refractivity contribution in [2.45, 2.75) is 33.2 Å². The number of carbonyl (C=O) groups excluding carboxylic acids is 2. The van der Waals surface area contributed by atoms with Gasteiger partial charge in [-0.1, -0.05) is 23.7 Å². The Labute approximate surface area is 221 Å². The Hall–Kier alpha value is -4.06. The van der Waals surface area contributed by atoms with Crippen molar-refractivity contribution in [2.75, 3.05) is 18.5 Å². The number of hydrogen-bond donors (Lipinski definition) is 1. The second-order valence-corrected chi connectivity index (χ2v) is 8.73. The van der Waals surface area contributed by atoms with Crippen LogP contribution >= 0.6 is 11.6 Å². The molecule has 0 saturated heterocycles. The van der Waals surface area contributed by atoms with Gasteiger partial charge in [0.25, 0.3) is 6.43 Å². The van der Waals surface area contributed by atoms with Gasteiger partial charge < -0.3 is 19.4 Å². The standard InChI is InChI=1S/C25H25ClF2N6O4/c1-5-37-24(35)16-12-33(4)20(18(16)25(36)38-6-2)19(14-7-9-15(26)10-8-14)29-17-11-13(3)22-30-31-23(21(27)28)34(22)32-17/h7-12,19,21H,5-6H2,1-4H3,(H,29,32). The molecule has 3 heterocycles. The van der Waals surface area contributed by atoms with Crippen LogP contribution in [0.1, 0.15) is 69.7 Å². The number of hydrogen-bond acceptors (Lipinski definition) is 8. The molecule has 1 N–H and O–H groups in total. The number of halogens is 3. The van der Waals surface area contributed by atoms with Crippen LogP contribution in [-0.2, 0) is 16.5 Å².